The summed E-state index contributed by atoms with van der Waals surface area (Å²) in [6.45, 7) is 2.76. The average molecular weight is 221 g/mol. The van der Waals surface area contributed by atoms with E-state index in [1.807, 2.05) is 35.1 Å². The maximum absolute atomic E-state index is 9.87. The number of rotatable bonds is 2. The number of ether oxygens (including phenoxy) is 1. The molecule has 1 aliphatic rings. The molecule has 4 nitrogen and oxygen atoms in total. The van der Waals surface area contributed by atoms with Gasteiger partial charge in [0.05, 0.1) is 12.6 Å². The Morgan fingerprint density at radius 2 is 2.06 bits per heavy atom. The molecule has 1 saturated heterocycles. The number of nitrogens with zero attached hydrogens (tertiary/aromatic N) is 1. The highest BCUT2D eigenvalue weighted by molar-refractivity contribution is 6.45. The lowest BCUT2D eigenvalue weighted by Gasteiger charge is -2.39. The third-order valence-electron chi connectivity index (χ3n) is 2.89. The van der Waals surface area contributed by atoms with Crippen LogP contribution in [0.25, 0.3) is 0 Å². The lowest BCUT2D eigenvalue weighted by atomic mass is 9.81. The number of aliphatic hydroxyl groups is 1. The van der Waals surface area contributed by atoms with Crippen molar-refractivity contribution in [3.8, 4) is 0 Å². The van der Waals surface area contributed by atoms with E-state index < -0.39 is 13.3 Å². The quantitative estimate of drug-likeness (QED) is 0.713. The van der Waals surface area contributed by atoms with E-state index in [0.29, 0.717) is 13.2 Å². The number of benzene rings is 1. The van der Waals surface area contributed by atoms with Crippen LogP contribution in [-0.2, 0) is 4.74 Å². The summed E-state index contributed by atoms with van der Waals surface area (Å²) >= 11 is 0. The van der Waals surface area contributed by atoms with Gasteiger partial charge in [-0.2, -0.15) is 0 Å². The molecule has 16 heavy (non-hydrogen) atoms. The standard InChI is InChI=1S/C11H16BNO3/c1-12(15)13-7-8-16-11(14)10(13)9-5-3-2-4-6-9/h2-6,10-11,14-15H,7-8H2,1H3. The van der Waals surface area contributed by atoms with E-state index >= 15 is 0 Å². The normalized spacial score (nSPS) is 26.7. The first-order valence-electron chi connectivity index (χ1n) is 5.48. The molecule has 1 fully saturated rings. The van der Waals surface area contributed by atoms with Crippen molar-refractivity contribution in [2.75, 3.05) is 13.2 Å². The largest absolute Gasteiger partial charge is 0.437 e. The summed E-state index contributed by atoms with van der Waals surface area (Å²) in [6, 6.07) is 9.31. The predicted molar refractivity (Wildman–Crippen MR) is 61.7 cm³/mol. The molecule has 0 amide bonds. The van der Waals surface area contributed by atoms with E-state index in [4.69, 9.17) is 4.74 Å². The zero-order valence-corrected chi connectivity index (χ0v) is 9.28. The van der Waals surface area contributed by atoms with Gasteiger partial charge in [0.2, 0.25) is 0 Å². The molecule has 0 aromatic heterocycles. The Labute approximate surface area is 95.6 Å². The summed E-state index contributed by atoms with van der Waals surface area (Å²) in [5, 5.41) is 19.6. The first kappa shape index (κ1) is 11.6. The molecular weight excluding hydrogens is 205 g/mol. The van der Waals surface area contributed by atoms with Crippen molar-refractivity contribution in [1.82, 2.24) is 4.81 Å². The van der Waals surface area contributed by atoms with Gasteiger partial charge in [-0.15, -0.1) is 0 Å². The van der Waals surface area contributed by atoms with Crippen LogP contribution in [0.1, 0.15) is 11.6 Å². The van der Waals surface area contributed by atoms with Gasteiger partial charge in [0, 0.05) is 6.54 Å². The summed E-state index contributed by atoms with van der Waals surface area (Å²) in [5.41, 5.74) is 0.954. The topological polar surface area (TPSA) is 52.9 Å². The zero-order chi connectivity index (χ0) is 11.5. The Bertz CT molecular complexity index is 333. The summed E-state index contributed by atoms with van der Waals surface area (Å²) < 4.78 is 5.23. The molecule has 1 aliphatic heterocycles. The highest BCUT2D eigenvalue weighted by Crippen LogP contribution is 2.28. The van der Waals surface area contributed by atoms with E-state index in [1.54, 1.807) is 6.82 Å². The third kappa shape index (κ3) is 2.27. The summed E-state index contributed by atoms with van der Waals surface area (Å²) in [4.78, 5) is 1.84. The van der Waals surface area contributed by atoms with Crippen molar-refractivity contribution in [3.63, 3.8) is 0 Å². The van der Waals surface area contributed by atoms with Crippen LogP contribution in [-0.4, -0.2) is 41.4 Å². The van der Waals surface area contributed by atoms with Crippen LogP contribution in [0.2, 0.25) is 6.82 Å². The van der Waals surface area contributed by atoms with E-state index in [-0.39, 0.29) is 6.04 Å². The van der Waals surface area contributed by atoms with Gasteiger partial charge >= 0.3 is 7.05 Å². The molecule has 5 heteroatoms. The molecule has 1 aromatic rings. The summed E-state index contributed by atoms with van der Waals surface area (Å²) in [5.74, 6) is 0. The monoisotopic (exact) mass is 221 g/mol. The molecule has 1 aromatic carbocycles. The van der Waals surface area contributed by atoms with Gasteiger partial charge in [0.1, 0.15) is 0 Å². The minimum atomic E-state index is -0.884. The fourth-order valence-electron chi connectivity index (χ4n) is 2.10. The van der Waals surface area contributed by atoms with E-state index in [1.165, 1.54) is 0 Å². The molecule has 2 N–H and O–H groups in total. The summed E-state index contributed by atoms with van der Waals surface area (Å²) in [7, 11) is -0.594. The van der Waals surface area contributed by atoms with Gasteiger partial charge in [-0.05, 0) is 12.4 Å². The predicted octanol–water partition coefficient (Wildman–Crippen LogP) is 0.489. The Kier molecular flexibility index (Phi) is 3.61. The Morgan fingerprint density at radius 3 is 2.69 bits per heavy atom. The molecule has 0 saturated carbocycles. The Balaban J connectivity index is 2.26. The first-order valence-corrected chi connectivity index (χ1v) is 5.48. The van der Waals surface area contributed by atoms with Crippen LogP contribution in [0.15, 0.2) is 30.3 Å². The molecular formula is C11H16BNO3. The lowest BCUT2D eigenvalue weighted by Crippen LogP contribution is -2.51. The van der Waals surface area contributed by atoms with Crippen molar-refractivity contribution < 1.29 is 14.9 Å². The molecule has 86 valence electrons. The molecule has 0 aliphatic carbocycles. The molecule has 2 atom stereocenters. The molecule has 0 radical (unpaired) electrons. The second kappa shape index (κ2) is 4.97. The average Bonchev–Trinajstić information content (AvgIpc) is 2.29. The lowest BCUT2D eigenvalue weighted by molar-refractivity contribution is -0.167. The van der Waals surface area contributed by atoms with Crippen molar-refractivity contribution >= 4 is 7.05 Å². The molecule has 0 bridgehead atoms. The van der Waals surface area contributed by atoms with Crippen molar-refractivity contribution in [2.45, 2.75) is 19.2 Å². The van der Waals surface area contributed by atoms with Gasteiger partial charge in [-0.1, -0.05) is 30.3 Å². The third-order valence-corrected chi connectivity index (χ3v) is 2.89. The fourth-order valence-corrected chi connectivity index (χ4v) is 2.10. The van der Waals surface area contributed by atoms with Gasteiger partial charge < -0.3 is 19.7 Å². The van der Waals surface area contributed by atoms with Crippen molar-refractivity contribution in [3.05, 3.63) is 35.9 Å². The van der Waals surface area contributed by atoms with E-state index in [0.717, 1.165) is 5.56 Å². The van der Waals surface area contributed by atoms with Crippen LogP contribution in [0.4, 0.5) is 0 Å². The van der Waals surface area contributed by atoms with E-state index in [2.05, 4.69) is 0 Å². The molecule has 2 rings (SSSR count). The Morgan fingerprint density at radius 1 is 1.38 bits per heavy atom. The fraction of sp³-hybridized carbons (Fsp3) is 0.455. The molecule has 2 unspecified atom stereocenters. The maximum Gasteiger partial charge on any atom is 0.377 e. The molecule has 0 spiro atoms. The van der Waals surface area contributed by atoms with Crippen LogP contribution in [0, 0.1) is 0 Å². The Hall–Kier alpha value is -0.875. The smallest absolute Gasteiger partial charge is 0.377 e. The van der Waals surface area contributed by atoms with Crippen LogP contribution in [0.5, 0.6) is 0 Å². The summed E-state index contributed by atoms with van der Waals surface area (Å²) in [6.07, 6.45) is -0.884. The van der Waals surface area contributed by atoms with Gasteiger partial charge in [-0.3, -0.25) is 0 Å². The number of hydrogen-bond donors (Lipinski definition) is 2. The SMILES string of the molecule is CB(O)N1CCOC(O)C1c1ccccc1. The van der Waals surface area contributed by atoms with Crippen LogP contribution >= 0.6 is 0 Å². The van der Waals surface area contributed by atoms with Crippen molar-refractivity contribution in [1.29, 1.82) is 0 Å². The van der Waals surface area contributed by atoms with Crippen molar-refractivity contribution in [2.24, 2.45) is 0 Å². The minimum Gasteiger partial charge on any atom is -0.437 e. The second-order valence-electron chi connectivity index (χ2n) is 3.99. The molecule has 1 heterocycles. The zero-order valence-electron chi connectivity index (χ0n) is 9.28. The van der Waals surface area contributed by atoms with Crippen LogP contribution in [0.3, 0.4) is 0 Å². The first-order chi connectivity index (χ1) is 7.70. The highest BCUT2D eigenvalue weighted by atomic mass is 16.6. The number of aliphatic hydroxyl groups excluding tert-OH is 1. The number of hydrogen-bond acceptors (Lipinski definition) is 4. The second-order valence-corrected chi connectivity index (χ2v) is 3.99. The van der Waals surface area contributed by atoms with Gasteiger partial charge in [0.25, 0.3) is 0 Å². The maximum atomic E-state index is 9.87. The highest BCUT2D eigenvalue weighted by Gasteiger charge is 2.35. The van der Waals surface area contributed by atoms with E-state index in [9.17, 15) is 10.1 Å². The van der Waals surface area contributed by atoms with Gasteiger partial charge in [0.15, 0.2) is 6.29 Å². The minimum absolute atomic E-state index is 0.296. The van der Waals surface area contributed by atoms with Gasteiger partial charge in [-0.25, -0.2) is 0 Å². The van der Waals surface area contributed by atoms with Crippen LogP contribution < -0.4 is 0 Å². The number of morpholine rings is 1.